The van der Waals surface area contributed by atoms with E-state index >= 15 is 0 Å². The normalized spacial score (nSPS) is 37.8. The van der Waals surface area contributed by atoms with Crippen LogP contribution < -0.4 is 5.32 Å². The average molecular weight is 385 g/mol. The first-order chi connectivity index (χ1) is 12.9. The molecule has 0 spiro atoms. The zero-order valence-electron chi connectivity index (χ0n) is 15.4. The molecule has 1 unspecified atom stereocenters. The molecule has 142 valence electrons. The Hall–Kier alpha value is -1.95. The van der Waals surface area contributed by atoms with Crippen molar-refractivity contribution in [2.75, 3.05) is 0 Å². The fraction of sp³-hybridized carbons (Fsp3) is 0.571. The summed E-state index contributed by atoms with van der Waals surface area (Å²) in [6.07, 6.45) is 8.87. The lowest BCUT2D eigenvalue weighted by atomic mass is 9.47. The Bertz CT molecular complexity index is 806. The van der Waals surface area contributed by atoms with Gasteiger partial charge in [0, 0.05) is 10.9 Å². The van der Waals surface area contributed by atoms with Crippen molar-refractivity contribution >= 4 is 35.3 Å². The molecule has 1 aliphatic heterocycles. The largest absolute Gasteiger partial charge is 0.331 e. The van der Waals surface area contributed by atoms with Gasteiger partial charge in [-0.25, -0.2) is 4.79 Å². The SMILES string of the molecule is CC(N1C(=O)NC(=O)C(=Cc2cccs2)C1=O)C12CC3CC(CC(C3)C1)C2. The van der Waals surface area contributed by atoms with Crippen LogP contribution in [-0.4, -0.2) is 28.8 Å². The van der Waals surface area contributed by atoms with Crippen LogP contribution in [-0.2, 0) is 9.59 Å². The van der Waals surface area contributed by atoms with E-state index < -0.39 is 17.8 Å². The van der Waals surface area contributed by atoms with Gasteiger partial charge in [0.25, 0.3) is 11.8 Å². The van der Waals surface area contributed by atoms with Crippen molar-refractivity contribution in [3.63, 3.8) is 0 Å². The molecule has 0 aromatic carbocycles. The highest BCUT2D eigenvalue weighted by atomic mass is 32.1. The Balaban J connectivity index is 1.47. The van der Waals surface area contributed by atoms with Crippen LogP contribution in [0.5, 0.6) is 0 Å². The van der Waals surface area contributed by atoms with E-state index in [0.29, 0.717) is 0 Å². The Morgan fingerprint density at radius 3 is 2.33 bits per heavy atom. The van der Waals surface area contributed by atoms with Crippen LogP contribution in [0.3, 0.4) is 0 Å². The van der Waals surface area contributed by atoms with E-state index in [4.69, 9.17) is 0 Å². The zero-order valence-corrected chi connectivity index (χ0v) is 16.3. The van der Waals surface area contributed by atoms with Crippen LogP contribution in [0, 0.1) is 23.2 Å². The third kappa shape index (κ3) is 2.68. The number of nitrogens with one attached hydrogen (secondary N) is 1. The molecule has 0 radical (unpaired) electrons. The fourth-order valence-electron chi connectivity index (χ4n) is 6.50. The number of carbonyl (C=O) groups excluding carboxylic acids is 3. The van der Waals surface area contributed by atoms with E-state index in [1.165, 1.54) is 35.5 Å². The van der Waals surface area contributed by atoms with Crippen molar-refractivity contribution in [2.45, 2.75) is 51.5 Å². The molecule has 4 amide bonds. The van der Waals surface area contributed by atoms with Crippen molar-refractivity contribution in [1.82, 2.24) is 10.2 Å². The van der Waals surface area contributed by atoms with Crippen LogP contribution in [0.4, 0.5) is 4.79 Å². The van der Waals surface area contributed by atoms with Gasteiger partial charge in [0.05, 0.1) is 0 Å². The summed E-state index contributed by atoms with van der Waals surface area (Å²) in [5, 5.41) is 4.30. The molecule has 6 heteroatoms. The van der Waals surface area contributed by atoms with Crippen molar-refractivity contribution in [3.05, 3.63) is 28.0 Å². The second-order valence-corrected chi connectivity index (χ2v) is 9.94. The van der Waals surface area contributed by atoms with E-state index in [2.05, 4.69) is 5.32 Å². The Kier molecular flexibility index (Phi) is 3.83. The third-order valence-electron chi connectivity index (χ3n) is 7.32. The summed E-state index contributed by atoms with van der Waals surface area (Å²) in [5.41, 5.74) is 0.0875. The monoisotopic (exact) mass is 384 g/mol. The van der Waals surface area contributed by atoms with Gasteiger partial charge in [0.15, 0.2) is 0 Å². The maximum atomic E-state index is 13.2. The number of amides is 4. The molecular formula is C21H24N2O3S. The van der Waals surface area contributed by atoms with Crippen LogP contribution in [0.2, 0.25) is 0 Å². The first kappa shape index (κ1) is 17.2. The second kappa shape index (κ2) is 6.03. The Labute approximate surface area is 162 Å². The van der Waals surface area contributed by atoms with E-state index in [0.717, 1.165) is 41.9 Å². The third-order valence-corrected chi connectivity index (χ3v) is 8.14. The van der Waals surface area contributed by atoms with E-state index in [1.807, 2.05) is 24.4 Å². The van der Waals surface area contributed by atoms with Crippen molar-refractivity contribution < 1.29 is 14.4 Å². The van der Waals surface area contributed by atoms with Gasteiger partial charge in [-0.3, -0.25) is 19.8 Å². The molecule has 1 saturated heterocycles. The van der Waals surface area contributed by atoms with Crippen LogP contribution in [0.25, 0.3) is 6.08 Å². The molecule has 5 fully saturated rings. The zero-order chi connectivity index (χ0) is 18.8. The number of rotatable bonds is 3. The van der Waals surface area contributed by atoms with Gasteiger partial charge in [0.1, 0.15) is 5.57 Å². The first-order valence-corrected chi connectivity index (χ1v) is 10.8. The van der Waals surface area contributed by atoms with Gasteiger partial charge in [-0.15, -0.1) is 11.3 Å². The minimum Gasteiger partial charge on any atom is -0.273 e. The summed E-state index contributed by atoms with van der Waals surface area (Å²) < 4.78 is 0. The molecule has 5 nitrogen and oxygen atoms in total. The van der Waals surface area contributed by atoms with Gasteiger partial charge < -0.3 is 0 Å². The summed E-state index contributed by atoms with van der Waals surface area (Å²) in [6, 6.07) is 3.00. The number of urea groups is 1. The van der Waals surface area contributed by atoms with Crippen LogP contribution in [0.1, 0.15) is 50.3 Å². The number of nitrogens with zero attached hydrogens (tertiary/aromatic N) is 1. The number of imide groups is 2. The van der Waals surface area contributed by atoms with Crippen molar-refractivity contribution in [2.24, 2.45) is 23.2 Å². The lowest BCUT2D eigenvalue weighted by Crippen LogP contribution is -2.63. The number of barbiturate groups is 1. The van der Waals surface area contributed by atoms with Gasteiger partial charge in [-0.2, -0.15) is 0 Å². The molecule has 4 bridgehead atoms. The van der Waals surface area contributed by atoms with Crippen molar-refractivity contribution in [1.29, 1.82) is 0 Å². The van der Waals surface area contributed by atoms with Gasteiger partial charge >= 0.3 is 6.03 Å². The summed E-state index contributed by atoms with van der Waals surface area (Å²) in [5.74, 6) is 1.19. The lowest BCUT2D eigenvalue weighted by Gasteiger charge is -2.60. The predicted octanol–water partition coefficient (Wildman–Crippen LogP) is 3.81. The number of hydrogen-bond acceptors (Lipinski definition) is 4. The highest BCUT2D eigenvalue weighted by Crippen LogP contribution is 2.62. The van der Waals surface area contributed by atoms with E-state index in [9.17, 15) is 14.4 Å². The molecule has 4 aliphatic carbocycles. The molecule has 1 aromatic heterocycles. The first-order valence-electron chi connectivity index (χ1n) is 9.89. The quantitative estimate of drug-likeness (QED) is 0.636. The highest BCUT2D eigenvalue weighted by molar-refractivity contribution is 7.10. The molecule has 1 atom stereocenters. The smallest absolute Gasteiger partial charge is 0.273 e. The minimum absolute atomic E-state index is 0.0240. The number of thiophene rings is 1. The Morgan fingerprint density at radius 1 is 1.15 bits per heavy atom. The van der Waals surface area contributed by atoms with Crippen LogP contribution in [0.15, 0.2) is 23.1 Å². The molecule has 1 N–H and O–H groups in total. The van der Waals surface area contributed by atoms with Crippen molar-refractivity contribution in [3.8, 4) is 0 Å². The highest BCUT2D eigenvalue weighted by Gasteiger charge is 2.56. The summed E-state index contributed by atoms with van der Waals surface area (Å²) >= 11 is 1.47. The maximum absolute atomic E-state index is 13.2. The van der Waals surface area contributed by atoms with Gasteiger partial charge in [-0.05, 0) is 86.1 Å². The molecule has 27 heavy (non-hydrogen) atoms. The lowest BCUT2D eigenvalue weighted by molar-refractivity contribution is -0.139. The molecule has 1 aromatic rings. The van der Waals surface area contributed by atoms with Gasteiger partial charge in [-0.1, -0.05) is 6.07 Å². The van der Waals surface area contributed by atoms with Crippen LogP contribution >= 0.6 is 11.3 Å². The van der Waals surface area contributed by atoms with Gasteiger partial charge in [0.2, 0.25) is 0 Å². The minimum atomic E-state index is -0.590. The summed E-state index contributed by atoms with van der Waals surface area (Å²) in [6.45, 7) is 2.02. The second-order valence-electron chi connectivity index (χ2n) is 8.96. The number of hydrogen-bond donors (Lipinski definition) is 1. The average Bonchev–Trinajstić information content (AvgIpc) is 3.10. The molecular weight excluding hydrogens is 360 g/mol. The molecule has 2 heterocycles. The molecule has 6 rings (SSSR count). The molecule has 4 saturated carbocycles. The summed E-state index contributed by atoms with van der Waals surface area (Å²) in [4.78, 5) is 40.3. The topological polar surface area (TPSA) is 66.5 Å². The predicted molar refractivity (Wildman–Crippen MR) is 103 cm³/mol. The Morgan fingerprint density at radius 2 is 1.78 bits per heavy atom. The van der Waals surface area contributed by atoms with E-state index in [-0.39, 0.29) is 17.0 Å². The molecule has 5 aliphatic rings. The maximum Gasteiger partial charge on any atom is 0.331 e. The number of carbonyl (C=O) groups is 3. The van der Waals surface area contributed by atoms with E-state index in [1.54, 1.807) is 6.08 Å². The standard InChI is InChI=1S/C21H24N2O3S/c1-12(21-9-13-5-14(10-21)7-15(6-13)11-21)23-19(25)17(18(24)22-20(23)26)8-16-3-2-4-27-16/h2-4,8,12-15H,5-7,9-11H2,1H3,(H,22,24,26). The fourth-order valence-corrected chi connectivity index (χ4v) is 7.16. The summed E-state index contributed by atoms with van der Waals surface area (Å²) in [7, 11) is 0.